The summed E-state index contributed by atoms with van der Waals surface area (Å²) in [5, 5.41) is 3.75. The van der Waals surface area contributed by atoms with Gasteiger partial charge in [-0.2, -0.15) is 0 Å². The van der Waals surface area contributed by atoms with Crippen molar-refractivity contribution in [2.75, 3.05) is 27.7 Å². The van der Waals surface area contributed by atoms with Gasteiger partial charge in [0.15, 0.2) is 6.61 Å². The van der Waals surface area contributed by atoms with E-state index in [0.717, 1.165) is 40.6 Å². The molecule has 0 unspecified atom stereocenters. The fraction of sp³-hybridized carbons (Fsp3) is 0.286. The van der Waals surface area contributed by atoms with Gasteiger partial charge < -0.3 is 14.1 Å². The second-order valence-corrected chi connectivity index (χ2v) is 7.25. The number of fused-ring (bicyclic) bond motifs is 1. The first-order valence-electron chi connectivity index (χ1n) is 9.02. The number of benzene rings is 2. The van der Waals surface area contributed by atoms with E-state index in [2.05, 4.69) is 39.7 Å². The molecule has 27 heavy (non-hydrogen) atoms. The number of para-hydroxylation sites is 1. The summed E-state index contributed by atoms with van der Waals surface area (Å²) in [6, 6.07) is 17.4. The molecule has 2 aromatic carbocycles. The second-order valence-electron chi connectivity index (χ2n) is 6.17. The highest BCUT2D eigenvalue weighted by atomic mass is 127. The maximum Gasteiger partial charge on any atom is 0.412 e. The van der Waals surface area contributed by atoms with Crippen molar-refractivity contribution in [3.63, 3.8) is 0 Å². The lowest BCUT2D eigenvalue weighted by molar-refractivity contribution is 0.147. The van der Waals surface area contributed by atoms with Gasteiger partial charge in [0.1, 0.15) is 11.3 Å². The number of alkyl halides is 1. The molecular formula is C21H23IN2O3. The zero-order valence-electron chi connectivity index (χ0n) is 15.3. The van der Waals surface area contributed by atoms with Crippen LogP contribution >= 0.6 is 22.6 Å². The molecule has 1 aromatic heterocycles. The summed E-state index contributed by atoms with van der Waals surface area (Å²) < 4.78 is 12.0. The van der Waals surface area contributed by atoms with Crippen LogP contribution in [-0.4, -0.2) is 23.6 Å². The standard InChI is InChI=1S/C21H23IN2O3/c1-2-12-24(13-11-22)18-9-7-17(8-10-18)23-21(25)26-15-19-14-16-5-3-4-6-20(16)27-19/h3-10,14H,2,11-13,15H2,1H3,(H,23,25). The van der Waals surface area contributed by atoms with Crippen molar-refractivity contribution in [2.24, 2.45) is 0 Å². The van der Waals surface area contributed by atoms with Gasteiger partial charge in [-0.05, 0) is 42.8 Å². The monoisotopic (exact) mass is 478 g/mol. The number of hydrogen-bond acceptors (Lipinski definition) is 4. The number of carbonyl (C=O) groups excluding carboxylic acids is 1. The number of halogens is 1. The molecule has 0 saturated heterocycles. The molecule has 0 fully saturated rings. The lowest BCUT2D eigenvalue weighted by atomic mass is 10.2. The molecule has 0 radical (unpaired) electrons. The molecule has 0 atom stereocenters. The van der Waals surface area contributed by atoms with Crippen molar-refractivity contribution in [1.82, 2.24) is 0 Å². The third-order valence-corrected chi connectivity index (χ3v) is 4.63. The number of nitrogens with one attached hydrogen (secondary N) is 1. The van der Waals surface area contributed by atoms with E-state index in [1.54, 1.807) is 0 Å². The highest BCUT2D eigenvalue weighted by Crippen LogP contribution is 2.21. The van der Waals surface area contributed by atoms with E-state index in [-0.39, 0.29) is 6.61 Å². The van der Waals surface area contributed by atoms with Gasteiger partial charge >= 0.3 is 6.09 Å². The van der Waals surface area contributed by atoms with Gasteiger partial charge in [0.25, 0.3) is 0 Å². The Balaban J connectivity index is 1.54. The zero-order valence-corrected chi connectivity index (χ0v) is 17.4. The first-order chi connectivity index (χ1) is 13.2. The zero-order chi connectivity index (χ0) is 19.1. The third-order valence-electron chi connectivity index (χ3n) is 4.15. The molecule has 0 bridgehead atoms. The maximum atomic E-state index is 12.0. The number of ether oxygens (including phenoxy) is 1. The normalized spacial score (nSPS) is 10.7. The minimum absolute atomic E-state index is 0.0958. The summed E-state index contributed by atoms with van der Waals surface area (Å²) in [5.41, 5.74) is 2.66. The summed E-state index contributed by atoms with van der Waals surface area (Å²) in [7, 11) is 0. The molecular weight excluding hydrogens is 455 g/mol. The highest BCUT2D eigenvalue weighted by Gasteiger charge is 2.09. The van der Waals surface area contributed by atoms with Gasteiger partial charge in [0, 0.05) is 34.3 Å². The van der Waals surface area contributed by atoms with Gasteiger partial charge in [-0.25, -0.2) is 4.79 Å². The third kappa shape index (κ3) is 5.38. The van der Waals surface area contributed by atoms with Crippen LogP contribution in [0.15, 0.2) is 59.0 Å². The predicted octanol–water partition coefficient (Wildman–Crippen LogP) is 5.83. The number of hydrogen-bond donors (Lipinski definition) is 1. The Kier molecular flexibility index (Phi) is 6.98. The van der Waals surface area contributed by atoms with E-state index in [9.17, 15) is 4.79 Å². The summed E-state index contributed by atoms with van der Waals surface area (Å²) in [4.78, 5) is 14.4. The van der Waals surface area contributed by atoms with Crippen LogP contribution in [0.4, 0.5) is 16.2 Å². The molecule has 5 nitrogen and oxygen atoms in total. The Morgan fingerprint density at radius 3 is 2.63 bits per heavy atom. The van der Waals surface area contributed by atoms with Gasteiger partial charge in [0.2, 0.25) is 0 Å². The van der Waals surface area contributed by atoms with Gasteiger partial charge in [-0.3, -0.25) is 5.32 Å². The molecule has 0 saturated carbocycles. The van der Waals surface area contributed by atoms with Crippen molar-refractivity contribution in [2.45, 2.75) is 20.0 Å². The lowest BCUT2D eigenvalue weighted by Crippen LogP contribution is -2.26. The van der Waals surface area contributed by atoms with Gasteiger partial charge in [-0.15, -0.1) is 0 Å². The maximum absolute atomic E-state index is 12.0. The van der Waals surface area contributed by atoms with Crippen LogP contribution in [-0.2, 0) is 11.3 Å². The van der Waals surface area contributed by atoms with Crippen LogP contribution in [0.1, 0.15) is 19.1 Å². The molecule has 6 heteroatoms. The number of amides is 1. The number of nitrogens with zero attached hydrogens (tertiary/aromatic N) is 1. The molecule has 3 aromatic rings. The number of anilines is 2. The first kappa shape index (κ1) is 19.5. The van der Waals surface area contributed by atoms with E-state index in [0.29, 0.717) is 11.4 Å². The summed E-state index contributed by atoms with van der Waals surface area (Å²) in [5.74, 6) is 0.621. The quantitative estimate of drug-likeness (QED) is 0.327. The minimum atomic E-state index is -0.499. The van der Waals surface area contributed by atoms with E-state index in [1.165, 1.54) is 0 Å². The Hall–Kier alpha value is -2.22. The van der Waals surface area contributed by atoms with Crippen molar-refractivity contribution in [1.29, 1.82) is 0 Å². The smallest absolute Gasteiger partial charge is 0.412 e. The van der Waals surface area contributed by atoms with Crippen LogP contribution in [0.3, 0.4) is 0 Å². The molecule has 3 rings (SSSR count). The number of rotatable bonds is 8. The summed E-state index contributed by atoms with van der Waals surface area (Å²) >= 11 is 2.39. The van der Waals surface area contributed by atoms with Crippen molar-refractivity contribution in [3.8, 4) is 0 Å². The molecule has 0 spiro atoms. The SMILES string of the molecule is CCCN(CCI)c1ccc(NC(=O)OCc2cc3ccccc3o2)cc1. The molecule has 142 valence electrons. The van der Waals surface area contributed by atoms with E-state index in [4.69, 9.17) is 9.15 Å². The first-order valence-corrected chi connectivity index (χ1v) is 10.5. The second kappa shape index (κ2) is 9.64. The van der Waals surface area contributed by atoms with Crippen LogP contribution < -0.4 is 10.2 Å². The topological polar surface area (TPSA) is 54.7 Å². The van der Waals surface area contributed by atoms with Crippen molar-refractivity contribution >= 4 is 51.0 Å². The average molecular weight is 478 g/mol. The number of furan rings is 1. The number of carbonyl (C=O) groups is 1. The Morgan fingerprint density at radius 2 is 1.93 bits per heavy atom. The van der Waals surface area contributed by atoms with Crippen LogP contribution in [0.2, 0.25) is 0 Å². The molecule has 0 aliphatic rings. The fourth-order valence-electron chi connectivity index (χ4n) is 2.90. The largest absolute Gasteiger partial charge is 0.457 e. The molecule has 1 heterocycles. The van der Waals surface area contributed by atoms with E-state index < -0.39 is 6.09 Å². The van der Waals surface area contributed by atoms with Crippen LogP contribution in [0, 0.1) is 0 Å². The molecule has 1 amide bonds. The van der Waals surface area contributed by atoms with Crippen LogP contribution in [0.25, 0.3) is 11.0 Å². The summed E-state index contributed by atoms with van der Waals surface area (Å²) in [6.45, 7) is 4.31. The van der Waals surface area contributed by atoms with Crippen LogP contribution in [0.5, 0.6) is 0 Å². The molecule has 0 aliphatic heterocycles. The van der Waals surface area contributed by atoms with Gasteiger partial charge in [-0.1, -0.05) is 47.7 Å². The summed E-state index contributed by atoms with van der Waals surface area (Å²) in [6.07, 6.45) is 0.603. The van der Waals surface area contributed by atoms with Gasteiger partial charge in [0.05, 0.1) is 0 Å². The Labute approximate surface area is 172 Å². The molecule has 0 aliphatic carbocycles. The lowest BCUT2D eigenvalue weighted by Gasteiger charge is -2.23. The highest BCUT2D eigenvalue weighted by molar-refractivity contribution is 14.1. The minimum Gasteiger partial charge on any atom is -0.457 e. The Morgan fingerprint density at radius 1 is 1.15 bits per heavy atom. The van der Waals surface area contributed by atoms with E-state index >= 15 is 0 Å². The van der Waals surface area contributed by atoms with E-state index in [1.807, 2.05) is 54.6 Å². The Bertz CT molecular complexity index is 838. The van der Waals surface area contributed by atoms with Crippen molar-refractivity contribution < 1.29 is 13.9 Å². The predicted molar refractivity (Wildman–Crippen MR) is 118 cm³/mol. The fourth-order valence-corrected chi connectivity index (χ4v) is 3.48. The van der Waals surface area contributed by atoms with Crippen molar-refractivity contribution in [3.05, 3.63) is 60.4 Å². The average Bonchev–Trinajstić information content (AvgIpc) is 3.10. The molecule has 1 N–H and O–H groups in total.